The number of tetrazole rings is 1. The van der Waals surface area contributed by atoms with Gasteiger partial charge in [-0.3, -0.25) is 0 Å². The largest absolute Gasteiger partial charge is 0.497 e. The molecule has 1 aromatic carbocycles. The molecule has 0 unspecified atom stereocenters. The van der Waals surface area contributed by atoms with Crippen LogP contribution in [0.1, 0.15) is 23.5 Å². The third kappa shape index (κ3) is 5.13. The molecule has 0 fully saturated rings. The van der Waals surface area contributed by atoms with Gasteiger partial charge >= 0.3 is 6.01 Å². The Morgan fingerprint density at radius 3 is 2.68 bits per heavy atom. The molecule has 0 saturated carbocycles. The Hall–Kier alpha value is -4.01. The van der Waals surface area contributed by atoms with Gasteiger partial charge in [-0.25, -0.2) is 0 Å². The van der Waals surface area contributed by atoms with Crippen molar-refractivity contribution in [2.24, 2.45) is 0 Å². The molecule has 2 heterocycles. The maximum atomic E-state index is 5.33. The first-order valence-corrected chi connectivity index (χ1v) is 9.87. The number of rotatable bonds is 8. The maximum absolute atomic E-state index is 5.33. The Morgan fingerprint density at radius 1 is 1.06 bits per heavy atom. The van der Waals surface area contributed by atoms with E-state index in [0.717, 1.165) is 42.0 Å². The van der Waals surface area contributed by atoms with Crippen LogP contribution in [0.15, 0.2) is 54.6 Å². The Bertz CT molecular complexity index is 1100. The molecule has 0 saturated heterocycles. The Balaban J connectivity index is 1.52. The fourth-order valence-corrected chi connectivity index (χ4v) is 3.15. The van der Waals surface area contributed by atoms with Crippen molar-refractivity contribution in [3.63, 3.8) is 0 Å². The van der Waals surface area contributed by atoms with Gasteiger partial charge in [-0.1, -0.05) is 30.4 Å². The standard InChI is InChI=1S/C22H23N7O2/c1-30-18-9-7-15(8-10-18)11-12-23-20-14-19(24-22(25-20)31-2)16-5-3-4-6-17(13-16)21-26-28-29-27-21/h3,5-10,13-14H,4,11-12H2,1-2H3,(H,23,24,25)(H,26,27,28,29). The first kappa shape index (κ1) is 20.3. The summed E-state index contributed by atoms with van der Waals surface area (Å²) in [4.78, 5) is 8.95. The summed E-state index contributed by atoms with van der Waals surface area (Å²) in [5, 5.41) is 17.6. The lowest BCUT2D eigenvalue weighted by Gasteiger charge is -2.10. The van der Waals surface area contributed by atoms with Gasteiger partial charge in [0.15, 0.2) is 0 Å². The SMILES string of the molecule is COc1ccc(CCNc2cc(C3=CC(c4nn[nH]n4)=CCC=C3)nc(OC)n2)cc1. The first-order chi connectivity index (χ1) is 15.2. The fraction of sp³-hybridized carbons (Fsp3) is 0.227. The van der Waals surface area contributed by atoms with Gasteiger partial charge in [0.1, 0.15) is 11.6 Å². The third-order valence-electron chi connectivity index (χ3n) is 4.75. The zero-order chi connectivity index (χ0) is 21.5. The minimum Gasteiger partial charge on any atom is -0.497 e. The van der Waals surface area contributed by atoms with Crippen LogP contribution in [0.3, 0.4) is 0 Å². The minimum absolute atomic E-state index is 0.299. The number of hydrogen-bond acceptors (Lipinski definition) is 8. The van der Waals surface area contributed by atoms with Crippen molar-refractivity contribution in [1.29, 1.82) is 0 Å². The third-order valence-corrected chi connectivity index (χ3v) is 4.75. The van der Waals surface area contributed by atoms with Crippen LogP contribution in [0.2, 0.25) is 0 Å². The van der Waals surface area contributed by atoms with Crippen LogP contribution in [0, 0.1) is 0 Å². The van der Waals surface area contributed by atoms with Crippen molar-refractivity contribution >= 4 is 17.0 Å². The minimum atomic E-state index is 0.299. The summed E-state index contributed by atoms with van der Waals surface area (Å²) >= 11 is 0. The first-order valence-electron chi connectivity index (χ1n) is 9.87. The molecule has 4 rings (SSSR count). The number of aromatic amines is 1. The van der Waals surface area contributed by atoms with Gasteiger partial charge in [-0.05, 0) is 41.8 Å². The van der Waals surface area contributed by atoms with Crippen LogP contribution in [-0.2, 0) is 6.42 Å². The van der Waals surface area contributed by atoms with E-state index in [-0.39, 0.29) is 0 Å². The highest BCUT2D eigenvalue weighted by Crippen LogP contribution is 2.26. The predicted octanol–water partition coefficient (Wildman–Crippen LogP) is 3.09. The molecule has 0 radical (unpaired) electrons. The Kier molecular flexibility index (Phi) is 6.32. The molecule has 1 aliphatic rings. The average molecular weight is 417 g/mol. The number of nitrogens with one attached hydrogen (secondary N) is 2. The van der Waals surface area contributed by atoms with Crippen LogP contribution >= 0.6 is 0 Å². The van der Waals surface area contributed by atoms with Crippen LogP contribution in [0.5, 0.6) is 11.8 Å². The van der Waals surface area contributed by atoms with E-state index in [1.165, 1.54) is 5.56 Å². The number of aromatic nitrogens is 6. The van der Waals surface area contributed by atoms with Crippen molar-refractivity contribution in [2.45, 2.75) is 12.8 Å². The zero-order valence-electron chi connectivity index (χ0n) is 17.4. The maximum Gasteiger partial charge on any atom is 0.318 e. The highest BCUT2D eigenvalue weighted by atomic mass is 16.5. The van der Waals surface area contributed by atoms with E-state index in [1.807, 2.05) is 36.4 Å². The van der Waals surface area contributed by atoms with Gasteiger partial charge < -0.3 is 14.8 Å². The molecule has 158 valence electrons. The van der Waals surface area contributed by atoms with E-state index >= 15 is 0 Å². The predicted molar refractivity (Wildman–Crippen MR) is 118 cm³/mol. The summed E-state index contributed by atoms with van der Waals surface area (Å²) in [6, 6.07) is 10.2. The lowest BCUT2D eigenvalue weighted by Crippen LogP contribution is -2.08. The highest BCUT2D eigenvalue weighted by Gasteiger charge is 2.12. The second kappa shape index (κ2) is 9.66. The lowest BCUT2D eigenvalue weighted by atomic mass is 10.1. The normalized spacial score (nSPS) is 13.2. The van der Waals surface area contributed by atoms with Crippen molar-refractivity contribution in [3.05, 3.63) is 71.7 Å². The number of methoxy groups -OCH3 is 2. The van der Waals surface area contributed by atoms with Gasteiger partial charge in [0.2, 0.25) is 5.82 Å². The number of ether oxygens (including phenoxy) is 2. The van der Waals surface area contributed by atoms with Crippen LogP contribution < -0.4 is 14.8 Å². The van der Waals surface area contributed by atoms with E-state index < -0.39 is 0 Å². The average Bonchev–Trinajstić information content (AvgIpc) is 3.24. The van der Waals surface area contributed by atoms with Crippen molar-refractivity contribution in [1.82, 2.24) is 30.6 Å². The molecular formula is C22H23N7O2. The molecule has 0 aliphatic heterocycles. The van der Waals surface area contributed by atoms with E-state index in [0.29, 0.717) is 17.7 Å². The molecule has 9 heteroatoms. The quantitative estimate of drug-likeness (QED) is 0.575. The number of nitrogens with zero attached hydrogens (tertiary/aromatic N) is 5. The zero-order valence-corrected chi connectivity index (χ0v) is 17.4. The molecule has 0 spiro atoms. The van der Waals surface area contributed by atoms with Crippen LogP contribution in [0.25, 0.3) is 11.1 Å². The van der Waals surface area contributed by atoms with E-state index in [1.54, 1.807) is 14.2 Å². The van der Waals surface area contributed by atoms with Gasteiger partial charge in [0.05, 0.1) is 19.9 Å². The number of allylic oxidation sites excluding steroid dienone is 6. The van der Waals surface area contributed by atoms with Gasteiger partial charge in [0, 0.05) is 23.8 Å². The Labute approximate surface area is 179 Å². The topological polar surface area (TPSA) is 111 Å². The summed E-state index contributed by atoms with van der Waals surface area (Å²) in [6.45, 7) is 0.717. The Morgan fingerprint density at radius 2 is 1.94 bits per heavy atom. The molecule has 0 amide bonds. The summed E-state index contributed by atoms with van der Waals surface area (Å²) in [6.07, 6.45) is 9.72. The number of benzene rings is 1. The highest BCUT2D eigenvalue weighted by molar-refractivity contribution is 5.86. The summed E-state index contributed by atoms with van der Waals surface area (Å²) in [5.41, 5.74) is 3.73. The molecule has 2 N–H and O–H groups in total. The van der Waals surface area contributed by atoms with E-state index in [4.69, 9.17) is 9.47 Å². The smallest absolute Gasteiger partial charge is 0.318 e. The van der Waals surface area contributed by atoms with Crippen LogP contribution in [-0.4, -0.2) is 51.4 Å². The molecule has 3 aromatic rings. The number of hydrogen-bond donors (Lipinski definition) is 2. The molecule has 2 aromatic heterocycles. The lowest BCUT2D eigenvalue weighted by molar-refractivity contribution is 0.380. The second-order valence-electron chi connectivity index (χ2n) is 6.78. The fourth-order valence-electron chi connectivity index (χ4n) is 3.15. The van der Waals surface area contributed by atoms with Crippen LogP contribution in [0.4, 0.5) is 5.82 Å². The second-order valence-corrected chi connectivity index (χ2v) is 6.78. The number of H-pyrrole nitrogens is 1. The number of anilines is 1. The van der Waals surface area contributed by atoms with E-state index in [9.17, 15) is 0 Å². The summed E-state index contributed by atoms with van der Waals surface area (Å²) in [5.74, 6) is 2.08. The monoisotopic (exact) mass is 417 g/mol. The summed E-state index contributed by atoms with van der Waals surface area (Å²) in [7, 11) is 3.22. The van der Waals surface area contributed by atoms with Gasteiger partial charge in [-0.2, -0.15) is 15.2 Å². The molecule has 0 atom stereocenters. The summed E-state index contributed by atoms with van der Waals surface area (Å²) < 4.78 is 10.5. The van der Waals surface area contributed by atoms with E-state index in [2.05, 4.69) is 54.1 Å². The molecular weight excluding hydrogens is 394 g/mol. The van der Waals surface area contributed by atoms with Gasteiger partial charge in [-0.15, -0.1) is 10.2 Å². The van der Waals surface area contributed by atoms with Gasteiger partial charge in [0.25, 0.3) is 0 Å². The van der Waals surface area contributed by atoms with Crippen molar-refractivity contribution in [3.8, 4) is 11.8 Å². The van der Waals surface area contributed by atoms with Crippen molar-refractivity contribution < 1.29 is 9.47 Å². The molecule has 9 nitrogen and oxygen atoms in total. The van der Waals surface area contributed by atoms with Crippen molar-refractivity contribution in [2.75, 3.05) is 26.1 Å². The molecule has 31 heavy (non-hydrogen) atoms. The molecule has 1 aliphatic carbocycles. The molecule has 0 bridgehead atoms.